The standard InChI is InChI=1S/C39H50N6O8S2/c1-23-40-31(22-54-23)24-11-10-12-25(17-24)34(47)44-19-26-20-45-32(29(26)21-44)33(46)42-39(36(49)43-55(51,52)28-15-16-28)18-27(39)13-8-6-5-7-9-14-30(35(45)48)41-37(50)53-38(2,3)4/h8,10-13,17,22,26-30,32H,5-7,9,14-16,18-21H2,1-4H3,(H,41,50)(H,42,46)(H,43,49)/b13-8-/t26-,27-,29-,30+,32-,39+/m0/s1. The van der Waals surface area contributed by atoms with Crippen molar-refractivity contribution in [1.82, 2.24) is 30.1 Å². The van der Waals surface area contributed by atoms with Gasteiger partial charge >= 0.3 is 6.09 Å². The summed E-state index contributed by atoms with van der Waals surface area (Å²) in [6.07, 6.45) is 7.44. The van der Waals surface area contributed by atoms with Gasteiger partial charge in [0.1, 0.15) is 23.2 Å². The molecule has 1 aromatic heterocycles. The predicted octanol–water partition coefficient (Wildman–Crippen LogP) is 3.91. The van der Waals surface area contributed by atoms with Crippen molar-refractivity contribution in [2.24, 2.45) is 17.8 Å². The van der Waals surface area contributed by atoms with E-state index in [1.54, 1.807) is 31.7 Å². The Morgan fingerprint density at radius 2 is 1.84 bits per heavy atom. The Kier molecular flexibility index (Phi) is 10.6. The molecule has 0 unspecified atom stereocenters. The highest BCUT2D eigenvalue weighted by Gasteiger charge is 2.63. The van der Waals surface area contributed by atoms with Crippen molar-refractivity contribution in [1.29, 1.82) is 0 Å². The zero-order valence-electron chi connectivity index (χ0n) is 31.7. The maximum atomic E-state index is 14.7. The molecule has 0 bridgehead atoms. The molecule has 6 atom stereocenters. The maximum Gasteiger partial charge on any atom is 0.408 e. The van der Waals surface area contributed by atoms with Gasteiger partial charge in [0.15, 0.2) is 0 Å². The number of sulfonamides is 1. The second-order valence-electron chi connectivity index (χ2n) is 16.6. The monoisotopic (exact) mass is 794 g/mol. The Morgan fingerprint density at radius 3 is 2.55 bits per heavy atom. The van der Waals surface area contributed by atoms with E-state index >= 15 is 0 Å². The third-order valence-electron chi connectivity index (χ3n) is 11.2. The van der Waals surface area contributed by atoms with Crippen LogP contribution in [-0.4, -0.2) is 101 Å². The van der Waals surface area contributed by atoms with Crippen molar-refractivity contribution in [2.75, 3.05) is 19.6 Å². The van der Waals surface area contributed by atoms with Crippen LogP contribution in [0.25, 0.3) is 11.3 Å². The van der Waals surface area contributed by atoms with Crippen molar-refractivity contribution in [3.05, 3.63) is 52.4 Å². The number of nitrogens with zero attached hydrogens (tertiary/aromatic N) is 3. The predicted molar refractivity (Wildman–Crippen MR) is 205 cm³/mol. The zero-order valence-corrected chi connectivity index (χ0v) is 33.3. The molecule has 1 aromatic carbocycles. The SMILES string of the molecule is Cc1nc(-c2cccc(C(=O)N3C[C@H]4CN5C(=O)[C@H](NC(=O)OC(C)(C)C)CCCCC/C=C\[C@H]6C[C@@]6(C(=O)NS(=O)(=O)C6CC6)NC(=O)[C@@H]5[C@H]4C3)c2)cs1. The molecule has 2 saturated heterocycles. The van der Waals surface area contributed by atoms with Crippen LogP contribution in [-0.2, 0) is 29.1 Å². The average molecular weight is 795 g/mol. The van der Waals surface area contributed by atoms with Crippen LogP contribution in [0.5, 0.6) is 0 Å². The molecular weight excluding hydrogens is 745 g/mol. The minimum atomic E-state index is -3.90. The molecule has 5 amide bonds. The number of carbonyl (C=O) groups is 5. The summed E-state index contributed by atoms with van der Waals surface area (Å²) < 4.78 is 33.5. The maximum absolute atomic E-state index is 14.7. The number of aromatic nitrogens is 1. The molecule has 5 aliphatic rings. The highest BCUT2D eigenvalue weighted by Crippen LogP contribution is 2.47. The van der Waals surface area contributed by atoms with E-state index in [0.717, 1.165) is 29.1 Å². The first-order valence-corrected chi connectivity index (χ1v) is 21.6. The largest absolute Gasteiger partial charge is 0.444 e. The molecule has 0 radical (unpaired) electrons. The van der Waals surface area contributed by atoms with E-state index in [2.05, 4.69) is 20.3 Å². The summed E-state index contributed by atoms with van der Waals surface area (Å²) in [4.78, 5) is 77.8. The van der Waals surface area contributed by atoms with Crippen molar-refractivity contribution in [3.63, 3.8) is 0 Å². The van der Waals surface area contributed by atoms with Crippen LogP contribution in [0.4, 0.5) is 4.79 Å². The van der Waals surface area contributed by atoms with E-state index in [4.69, 9.17) is 4.74 Å². The fraction of sp³-hybridized carbons (Fsp3) is 0.590. The molecule has 16 heteroatoms. The molecule has 4 fully saturated rings. The number of hydrogen-bond donors (Lipinski definition) is 3. The average Bonchev–Trinajstić information content (AvgIpc) is 3.96. The van der Waals surface area contributed by atoms with E-state index < -0.39 is 74.1 Å². The second-order valence-corrected chi connectivity index (χ2v) is 19.6. The summed E-state index contributed by atoms with van der Waals surface area (Å²) in [5, 5.41) is 7.92. The van der Waals surface area contributed by atoms with Crippen molar-refractivity contribution < 1.29 is 37.1 Å². The molecule has 7 rings (SSSR count). The summed E-state index contributed by atoms with van der Waals surface area (Å²) in [6.45, 7) is 7.73. The summed E-state index contributed by atoms with van der Waals surface area (Å²) in [5.41, 5.74) is -0.244. The Morgan fingerprint density at radius 1 is 1.05 bits per heavy atom. The Hall–Kier alpha value is -4.31. The van der Waals surface area contributed by atoms with E-state index in [1.165, 1.54) is 16.2 Å². The number of rotatable bonds is 6. The molecular formula is C39H50N6O8S2. The number of nitrogens with one attached hydrogen (secondary N) is 3. The first-order valence-electron chi connectivity index (χ1n) is 19.2. The molecule has 4 heterocycles. The number of amides is 5. The normalized spacial score (nSPS) is 29.1. The second kappa shape index (κ2) is 15.0. The summed E-state index contributed by atoms with van der Waals surface area (Å²) in [7, 11) is -3.90. The van der Waals surface area contributed by atoms with Gasteiger partial charge in [-0.2, -0.15) is 0 Å². The van der Waals surface area contributed by atoms with Crippen LogP contribution in [0, 0.1) is 24.7 Å². The smallest absolute Gasteiger partial charge is 0.408 e. The molecule has 2 aliphatic carbocycles. The Balaban J connectivity index is 1.18. The molecule has 3 aliphatic heterocycles. The summed E-state index contributed by atoms with van der Waals surface area (Å²) in [6, 6.07) is 5.20. The Labute approximate surface area is 325 Å². The lowest BCUT2D eigenvalue weighted by Crippen LogP contribution is -2.60. The van der Waals surface area contributed by atoms with E-state index in [-0.39, 0.29) is 37.9 Å². The minimum absolute atomic E-state index is 0.147. The highest BCUT2D eigenvalue weighted by molar-refractivity contribution is 7.91. The molecule has 14 nitrogen and oxygen atoms in total. The van der Waals surface area contributed by atoms with Gasteiger partial charge in [-0.25, -0.2) is 18.2 Å². The number of thiazole rings is 1. The van der Waals surface area contributed by atoms with E-state index in [1.807, 2.05) is 42.7 Å². The number of ether oxygens (including phenoxy) is 1. The van der Waals surface area contributed by atoms with Gasteiger partial charge in [-0.3, -0.25) is 23.9 Å². The summed E-state index contributed by atoms with van der Waals surface area (Å²) >= 11 is 1.52. The van der Waals surface area contributed by atoms with Gasteiger partial charge in [-0.05, 0) is 78.4 Å². The van der Waals surface area contributed by atoms with Crippen LogP contribution in [0.2, 0.25) is 0 Å². The van der Waals surface area contributed by atoms with Crippen LogP contribution >= 0.6 is 11.3 Å². The molecule has 296 valence electrons. The van der Waals surface area contributed by atoms with Crippen LogP contribution in [0.1, 0.15) is 87.5 Å². The van der Waals surface area contributed by atoms with Crippen molar-refractivity contribution >= 4 is 51.1 Å². The number of likely N-dealkylation sites (tertiary alicyclic amines) is 1. The quantitative estimate of drug-likeness (QED) is 0.365. The molecule has 0 spiro atoms. The third-order valence-corrected chi connectivity index (χ3v) is 13.8. The molecule has 3 N–H and O–H groups in total. The van der Waals surface area contributed by atoms with Gasteiger partial charge in [0.05, 0.1) is 16.0 Å². The number of allylic oxidation sites excluding steroid dienone is 1. The number of alkyl carbamates (subject to hydrolysis) is 1. The number of carbonyl (C=O) groups excluding carboxylic acids is 5. The van der Waals surface area contributed by atoms with E-state index in [0.29, 0.717) is 37.7 Å². The third kappa shape index (κ3) is 8.44. The van der Waals surface area contributed by atoms with Crippen molar-refractivity contribution in [2.45, 2.75) is 108 Å². The number of fused-ring (bicyclic) bond motifs is 4. The number of benzene rings is 1. The van der Waals surface area contributed by atoms with Gasteiger partial charge < -0.3 is 25.2 Å². The fourth-order valence-electron chi connectivity index (χ4n) is 8.18. The van der Waals surface area contributed by atoms with Crippen molar-refractivity contribution in [3.8, 4) is 11.3 Å². The first-order chi connectivity index (χ1) is 26.0. The van der Waals surface area contributed by atoms with Gasteiger partial charge in [0.25, 0.3) is 11.8 Å². The Bertz CT molecular complexity index is 2010. The highest BCUT2D eigenvalue weighted by atomic mass is 32.2. The number of hydrogen-bond acceptors (Lipinski definition) is 10. The fourth-order valence-corrected chi connectivity index (χ4v) is 10.2. The molecule has 55 heavy (non-hydrogen) atoms. The van der Waals surface area contributed by atoms with Crippen LogP contribution in [0.15, 0.2) is 41.8 Å². The van der Waals surface area contributed by atoms with Gasteiger partial charge in [-0.1, -0.05) is 37.1 Å². The lowest BCUT2D eigenvalue weighted by atomic mass is 9.93. The van der Waals surface area contributed by atoms with E-state index in [9.17, 15) is 32.4 Å². The van der Waals surface area contributed by atoms with Crippen LogP contribution in [0.3, 0.4) is 0 Å². The topological polar surface area (TPSA) is 184 Å². The van der Waals surface area contributed by atoms with Gasteiger partial charge in [0, 0.05) is 53.9 Å². The van der Waals surface area contributed by atoms with Crippen LogP contribution < -0.4 is 15.4 Å². The minimum Gasteiger partial charge on any atom is -0.444 e. The zero-order chi connectivity index (χ0) is 39.3. The lowest BCUT2D eigenvalue weighted by molar-refractivity contribution is -0.142. The van der Waals surface area contributed by atoms with Gasteiger partial charge in [0.2, 0.25) is 21.8 Å². The number of aryl methyl sites for hydroxylation is 1. The molecule has 2 saturated carbocycles. The first kappa shape index (κ1) is 38.9. The molecule has 2 aromatic rings. The lowest BCUT2D eigenvalue weighted by Gasteiger charge is -2.33. The summed E-state index contributed by atoms with van der Waals surface area (Å²) in [5.74, 6) is -3.24. The van der Waals surface area contributed by atoms with Gasteiger partial charge in [-0.15, -0.1) is 11.3 Å².